The maximum absolute atomic E-state index is 13.3. The molecule has 0 aromatic carbocycles. The number of rotatable bonds is 1. The number of nitrogens with one attached hydrogen (secondary N) is 1. The maximum atomic E-state index is 13.3. The van der Waals surface area contributed by atoms with Gasteiger partial charge in [-0.15, -0.1) is 0 Å². The molecule has 22 heavy (non-hydrogen) atoms. The molecule has 5 nitrogen and oxygen atoms in total. The van der Waals surface area contributed by atoms with Crippen molar-refractivity contribution < 1.29 is 22.7 Å². The number of carbonyl (C=O) groups is 1. The van der Waals surface area contributed by atoms with E-state index >= 15 is 0 Å². The zero-order valence-corrected chi connectivity index (χ0v) is 13.5. The molecular formula is C13H13BrF3N3O2. The molecule has 2 heterocycles. The van der Waals surface area contributed by atoms with Gasteiger partial charge in [-0.2, -0.15) is 13.2 Å². The molecule has 0 aliphatic rings. The Bertz CT molecular complexity index is 720. The number of imidazole rings is 1. The summed E-state index contributed by atoms with van der Waals surface area (Å²) in [7, 11) is 0. The number of hydrogen-bond donors (Lipinski definition) is 1. The molecule has 2 aromatic rings. The average molecular weight is 380 g/mol. The van der Waals surface area contributed by atoms with Gasteiger partial charge in [0.2, 0.25) is 0 Å². The number of pyridine rings is 1. The van der Waals surface area contributed by atoms with Gasteiger partial charge in [-0.25, -0.2) is 9.78 Å². The van der Waals surface area contributed by atoms with E-state index in [1.165, 1.54) is 12.3 Å². The van der Waals surface area contributed by atoms with Gasteiger partial charge in [-0.05, 0) is 48.8 Å². The summed E-state index contributed by atoms with van der Waals surface area (Å²) in [6.45, 7) is 4.83. The Hall–Kier alpha value is -1.77. The Kier molecular flexibility index (Phi) is 4.12. The highest BCUT2D eigenvalue weighted by molar-refractivity contribution is 9.10. The first-order valence-corrected chi connectivity index (χ1v) is 7.02. The zero-order chi connectivity index (χ0) is 16.7. The molecule has 1 N–H and O–H groups in total. The van der Waals surface area contributed by atoms with Crippen molar-refractivity contribution in [3.05, 3.63) is 28.5 Å². The van der Waals surface area contributed by atoms with Crippen LogP contribution in [0.4, 0.5) is 23.8 Å². The van der Waals surface area contributed by atoms with Crippen LogP contribution in [0, 0.1) is 0 Å². The number of hydrogen-bond acceptors (Lipinski definition) is 3. The molecule has 0 bridgehead atoms. The normalized spacial score (nSPS) is 12.5. The van der Waals surface area contributed by atoms with Gasteiger partial charge in [0, 0.05) is 6.20 Å². The number of nitrogens with zero attached hydrogens (tertiary/aromatic N) is 2. The molecular weight excluding hydrogens is 367 g/mol. The van der Waals surface area contributed by atoms with Crippen LogP contribution in [-0.4, -0.2) is 21.1 Å². The summed E-state index contributed by atoms with van der Waals surface area (Å²) in [5.74, 6) is -0.603. The molecule has 120 valence electrons. The minimum atomic E-state index is -4.69. The average Bonchev–Trinajstić information content (AvgIpc) is 2.65. The van der Waals surface area contributed by atoms with Crippen LogP contribution in [0.25, 0.3) is 5.65 Å². The van der Waals surface area contributed by atoms with Crippen molar-refractivity contribution in [3.8, 4) is 0 Å². The summed E-state index contributed by atoms with van der Waals surface area (Å²) < 4.78 is 46.0. The third-order valence-electron chi connectivity index (χ3n) is 2.49. The van der Waals surface area contributed by atoms with Crippen molar-refractivity contribution in [2.75, 3.05) is 5.32 Å². The van der Waals surface area contributed by atoms with Gasteiger partial charge >= 0.3 is 12.3 Å². The van der Waals surface area contributed by atoms with Crippen molar-refractivity contribution in [2.24, 2.45) is 0 Å². The van der Waals surface area contributed by atoms with Crippen LogP contribution >= 0.6 is 15.9 Å². The van der Waals surface area contributed by atoms with Gasteiger partial charge in [0.25, 0.3) is 0 Å². The quantitative estimate of drug-likeness (QED) is 0.795. The predicted octanol–water partition coefficient (Wildman–Crippen LogP) is 4.46. The molecule has 0 saturated carbocycles. The fraction of sp³-hybridized carbons (Fsp3) is 0.385. The molecule has 1 amide bonds. The molecule has 2 rings (SSSR count). The van der Waals surface area contributed by atoms with Crippen LogP contribution in [0.15, 0.2) is 22.8 Å². The lowest BCUT2D eigenvalue weighted by molar-refractivity contribution is -0.141. The van der Waals surface area contributed by atoms with Gasteiger partial charge < -0.3 is 4.74 Å². The van der Waals surface area contributed by atoms with E-state index < -0.39 is 29.4 Å². The van der Waals surface area contributed by atoms with E-state index in [0.717, 1.165) is 4.40 Å². The van der Waals surface area contributed by atoms with E-state index in [1.54, 1.807) is 26.8 Å². The molecule has 0 fully saturated rings. The minimum absolute atomic E-state index is 0.0425. The van der Waals surface area contributed by atoms with Crippen LogP contribution in [0.5, 0.6) is 0 Å². The number of anilines is 1. The molecule has 0 atom stereocenters. The highest BCUT2D eigenvalue weighted by Gasteiger charge is 2.39. The summed E-state index contributed by atoms with van der Waals surface area (Å²) in [4.78, 5) is 15.5. The summed E-state index contributed by atoms with van der Waals surface area (Å²) >= 11 is 3.13. The number of halogens is 4. The van der Waals surface area contributed by atoms with Gasteiger partial charge in [0.1, 0.15) is 5.60 Å². The molecule has 9 heteroatoms. The van der Waals surface area contributed by atoms with E-state index in [0.29, 0.717) is 4.47 Å². The SMILES string of the molecule is CC(C)(C)OC(=O)Nc1nc2c(Br)cccn2c1C(F)(F)F. The lowest BCUT2D eigenvalue weighted by Gasteiger charge is -2.19. The number of alkyl halides is 3. The first-order chi connectivity index (χ1) is 9.99. The highest BCUT2D eigenvalue weighted by Crippen LogP contribution is 2.36. The number of ether oxygens (including phenoxy) is 1. The van der Waals surface area contributed by atoms with Crippen LogP contribution in [0.1, 0.15) is 26.5 Å². The van der Waals surface area contributed by atoms with Crippen LogP contribution in [0.2, 0.25) is 0 Å². The molecule has 0 spiro atoms. The lowest BCUT2D eigenvalue weighted by Crippen LogP contribution is -2.28. The Balaban J connectivity index is 2.49. The third-order valence-corrected chi connectivity index (χ3v) is 3.11. The van der Waals surface area contributed by atoms with Crippen molar-refractivity contribution in [3.63, 3.8) is 0 Å². The summed E-state index contributed by atoms with van der Waals surface area (Å²) in [5, 5.41) is 2.06. The first kappa shape index (κ1) is 16.6. The molecule has 0 aliphatic carbocycles. The Morgan fingerprint density at radius 1 is 1.36 bits per heavy atom. The number of fused-ring (bicyclic) bond motifs is 1. The van der Waals surface area contributed by atoms with Crippen LogP contribution in [-0.2, 0) is 10.9 Å². The summed E-state index contributed by atoms with van der Waals surface area (Å²) in [5.41, 5.74) is -1.86. The van der Waals surface area contributed by atoms with E-state index in [2.05, 4.69) is 26.2 Å². The number of carbonyl (C=O) groups excluding carboxylic acids is 1. The third kappa shape index (κ3) is 3.52. The monoisotopic (exact) mass is 379 g/mol. The molecule has 0 aliphatic heterocycles. The molecule has 2 aromatic heterocycles. The summed E-state index contributed by atoms with van der Waals surface area (Å²) in [6, 6.07) is 2.99. The van der Waals surface area contributed by atoms with Gasteiger partial charge in [0.05, 0.1) is 4.47 Å². The molecule has 0 saturated heterocycles. The Morgan fingerprint density at radius 3 is 2.55 bits per heavy atom. The smallest absolute Gasteiger partial charge is 0.435 e. The van der Waals surface area contributed by atoms with Gasteiger partial charge in [0.15, 0.2) is 17.2 Å². The fourth-order valence-corrected chi connectivity index (χ4v) is 2.23. The number of amides is 1. The highest BCUT2D eigenvalue weighted by atomic mass is 79.9. The largest absolute Gasteiger partial charge is 0.444 e. The molecule has 0 unspecified atom stereocenters. The van der Waals surface area contributed by atoms with E-state index in [-0.39, 0.29) is 5.65 Å². The summed E-state index contributed by atoms with van der Waals surface area (Å²) in [6.07, 6.45) is -4.47. The maximum Gasteiger partial charge on any atom is 0.435 e. The van der Waals surface area contributed by atoms with Crippen molar-refractivity contribution in [1.29, 1.82) is 0 Å². The Labute approximate surface area is 132 Å². The van der Waals surface area contributed by atoms with Gasteiger partial charge in [-0.3, -0.25) is 9.72 Å². The van der Waals surface area contributed by atoms with Gasteiger partial charge in [-0.1, -0.05) is 0 Å². The lowest BCUT2D eigenvalue weighted by atomic mass is 10.2. The zero-order valence-electron chi connectivity index (χ0n) is 12.0. The Morgan fingerprint density at radius 2 is 2.00 bits per heavy atom. The second-order valence-corrected chi connectivity index (χ2v) is 6.34. The van der Waals surface area contributed by atoms with E-state index in [9.17, 15) is 18.0 Å². The first-order valence-electron chi connectivity index (χ1n) is 6.23. The van der Waals surface area contributed by atoms with Crippen molar-refractivity contribution >= 4 is 33.5 Å². The predicted molar refractivity (Wildman–Crippen MR) is 77.8 cm³/mol. The standard InChI is InChI=1S/C13H13BrF3N3O2/c1-12(2,3)22-11(21)19-9-8(13(15,16)17)20-6-4-5-7(14)10(20)18-9/h4-6H,1-3H3,(H,19,21). The minimum Gasteiger partial charge on any atom is -0.444 e. The number of aromatic nitrogens is 2. The second kappa shape index (κ2) is 5.45. The van der Waals surface area contributed by atoms with Crippen LogP contribution < -0.4 is 5.32 Å². The fourth-order valence-electron chi connectivity index (χ4n) is 1.79. The second-order valence-electron chi connectivity index (χ2n) is 5.48. The van der Waals surface area contributed by atoms with E-state index in [4.69, 9.17) is 4.74 Å². The van der Waals surface area contributed by atoms with Crippen molar-refractivity contribution in [2.45, 2.75) is 32.5 Å². The molecule has 0 radical (unpaired) electrons. The topological polar surface area (TPSA) is 55.6 Å². The van der Waals surface area contributed by atoms with Crippen molar-refractivity contribution in [1.82, 2.24) is 9.38 Å². The van der Waals surface area contributed by atoms with E-state index in [1.807, 2.05) is 0 Å². The van der Waals surface area contributed by atoms with Crippen LogP contribution in [0.3, 0.4) is 0 Å².